The molecular formula is C35H35NO4. The predicted molar refractivity (Wildman–Crippen MR) is 155 cm³/mol. The average Bonchev–Trinajstić information content (AvgIpc) is 3.49. The standard InChI is InChI=1S/C35H35NO4/c1-23-32(35(38)40-29-14-8-9-15-29)33(26-16-18-28(19-17-26)39-22-24-10-4-2-5-11-24)34-30(36-23)20-27(21-31(34)37)25-12-6-3-7-13-25/h2-7,10-13,16-19,27,29,33,36H,8-9,14-15,20-22H2,1H3. The van der Waals surface area contributed by atoms with Crippen LogP contribution in [-0.2, 0) is 20.9 Å². The molecule has 1 saturated carbocycles. The molecule has 0 saturated heterocycles. The topological polar surface area (TPSA) is 64.6 Å². The van der Waals surface area contributed by atoms with Gasteiger partial charge in [-0.3, -0.25) is 4.79 Å². The number of Topliss-reactive ketones (excluding diaryl/α,β-unsaturated/α-hetero) is 1. The summed E-state index contributed by atoms with van der Waals surface area (Å²) in [6.07, 6.45) is 5.05. The number of allylic oxidation sites excluding steroid dienone is 3. The number of carbonyl (C=O) groups is 2. The quantitative estimate of drug-likeness (QED) is 0.328. The second-order valence-electron chi connectivity index (χ2n) is 11.1. The molecule has 2 unspecified atom stereocenters. The smallest absolute Gasteiger partial charge is 0.337 e. The fraction of sp³-hybridized carbons (Fsp3) is 0.314. The summed E-state index contributed by atoms with van der Waals surface area (Å²) in [5.41, 5.74) is 6.05. The molecule has 2 atom stereocenters. The van der Waals surface area contributed by atoms with E-state index in [2.05, 4.69) is 17.4 Å². The highest BCUT2D eigenvalue weighted by atomic mass is 16.5. The molecule has 6 rings (SSSR count). The molecule has 3 aromatic rings. The summed E-state index contributed by atoms with van der Waals surface area (Å²) in [6.45, 7) is 2.40. The lowest BCUT2D eigenvalue weighted by atomic mass is 9.71. The molecule has 3 aliphatic rings. The average molecular weight is 534 g/mol. The molecule has 1 aliphatic heterocycles. The zero-order valence-corrected chi connectivity index (χ0v) is 22.9. The molecule has 0 spiro atoms. The van der Waals surface area contributed by atoms with Gasteiger partial charge in [-0.2, -0.15) is 0 Å². The number of ketones is 1. The van der Waals surface area contributed by atoms with Crippen LogP contribution in [0.4, 0.5) is 0 Å². The van der Waals surface area contributed by atoms with Gasteiger partial charge in [-0.05, 0) is 73.8 Å². The largest absolute Gasteiger partial charge is 0.489 e. The van der Waals surface area contributed by atoms with Gasteiger partial charge in [0, 0.05) is 29.3 Å². The Morgan fingerprint density at radius 2 is 1.52 bits per heavy atom. The highest BCUT2D eigenvalue weighted by molar-refractivity contribution is 6.04. The van der Waals surface area contributed by atoms with Gasteiger partial charge in [-0.15, -0.1) is 0 Å². The van der Waals surface area contributed by atoms with Crippen molar-refractivity contribution in [2.75, 3.05) is 0 Å². The molecule has 1 heterocycles. The van der Waals surface area contributed by atoms with E-state index in [-0.39, 0.29) is 23.8 Å². The Hall–Kier alpha value is -4.12. The summed E-state index contributed by atoms with van der Waals surface area (Å²) in [5.74, 6) is 0.129. The third kappa shape index (κ3) is 5.46. The summed E-state index contributed by atoms with van der Waals surface area (Å²) in [7, 11) is 0. The fourth-order valence-electron chi connectivity index (χ4n) is 6.32. The van der Waals surface area contributed by atoms with Crippen molar-refractivity contribution in [3.05, 3.63) is 124 Å². The van der Waals surface area contributed by atoms with E-state index in [0.717, 1.165) is 65.9 Å². The van der Waals surface area contributed by atoms with Crippen LogP contribution in [0.5, 0.6) is 5.75 Å². The molecular weight excluding hydrogens is 498 g/mol. The molecule has 1 fully saturated rings. The van der Waals surface area contributed by atoms with Crippen molar-refractivity contribution in [1.82, 2.24) is 5.32 Å². The van der Waals surface area contributed by atoms with Crippen molar-refractivity contribution in [3.8, 4) is 5.75 Å². The molecule has 204 valence electrons. The van der Waals surface area contributed by atoms with Gasteiger partial charge >= 0.3 is 5.97 Å². The number of hydrogen-bond donors (Lipinski definition) is 1. The van der Waals surface area contributed by atoms with E-state index in [1.165, 1.54) is 0 Å². The normalized spacial score (nSPS) is 21.2. The fourth-order valence-corrected chi connectivity index (χ4v) is 6.32. The van der Waals surface area contributed by atoms with Gasteiger partial charge in [0.05, 0.1) is 5.57 Å². The molecule has 0 bridgehead atoms. The maximum atomic E-state index is 13.8. The summed E-state index contributed by atoms with van der Waals surface area (Å²) >= 11 is 0. The van der Waals surface area contributed by atoms with E-state index in [4.69, 9.17) is 9.47 Å². The highest BCUT2D eigenvalue weighted by Crippen LogP contribution is 2.46. The first-order valence-electron chi connectivity index (χ1n) is 14.3. The van der Waals surface area contributed by atoms with Gasteiger partial charge in [-0.25, -0.2) is 4.79 Å². The lowest BCUT2D eigenvalue weighted by Crippen LogP contribution is -2.36. The van der Waals surface area contributed by atoms with Gasteiger partial charge in [0.2, 0.25) is 0 Å². The lowest BCUT2D eigenvalue weighted by Gasteiger charge is -2.37. The van der Waals surface area contributed by atoms with E-state index in [1.54, 1.807) is 0 Å². The van der Waals surface area contributed by atoms with Gasteiger partial charge < -0.3 is 14.8 Å². The minimum absolute atomic E-state index is 0.0536. The second kappa shape index (κ2) is 11.5. The molecule has 5 nitrogen and oxygen atoms in total. The molecule has 2 aliphatic carbocycles. The summed E-state index contributed by atoms with van der Waals surface area (Å²) in [5, 5.41) is 3.47. The second-order valence-corrected chi connectivity index (χ2v) is 11.1. The maximum absolute atomic E-state index is 13.8. The van der Waals surface area contributed by atoms with E-state index in [0.29, 0.717) is 24.2 Å². The number of carbonyl (C=O) groups excluding carboxylic acids is 2. The molecule has 40 heavy (non-hydrogen) atoms. The number of ether oxygens (including phenoxy) is 2. The van der Waals surface area contributed by atoms with Gasteiger partial charge in [0.15, 0.2) is 5.78 Å². The van der Waals surface area contributed by atoms with Gasteiger partial charge in [-0.1, -0.05) is 72.8 Å². The van der Waals surface area contributed by atoms with Crippen LogP contribution in [-0.4, -0.2) is 17.9 Å². The van der Waals surface area contributed by atoms with E-state index in [1.807, 2.05) is 79.7 Å². The minimum Gasteiger partial charge on any atom is -0.489 e. The van der Waals surface area contributed by atoms with Crippen LogP contribution < -0.4 is 10.1 Å². The van der Waals surface area contributed by atoms with Crippen LogP contribution in [0.15, 0.2) is 107 Å². The first-order valence-corrected chi connectivity index (χ1v) is 14.3. The Kier molecular flexibility index (Phi) is 7.54. The van der Waals surface area contributed by atoms with Crippen LogP contribution in [0.3, 0.4) is 0 Å². The molecule has 0 amide bonds. The third-order valence-corrected chi connectivity index (χ3v) is 8.36. The molecule has 3 aromatic carbocycles. The number of benzene rings is 3. The summed E-state index contributed by atoms with van der Waals surface area (Å²) < 4.78 is 12.0. The predicted octanol–water partition coefficient (Wildman–Crippen LogP) is 7.11. The zero-order valence-electron chi connectivity index (χ0n) is 22.9. The van der Waals surface area contributed by atoms with E-state index in [9.17, 15) is 9.59 Å². The first kappa shape index (κ1) is 26.1. The molecule has 5 heteroatoms. The van der Waals surface area contributed by atoms with Crippen LogP contribution in [0.1, 0.15) is 74.0 Å². The minimum atomic E-state index is -0.474. The van der Waals surface area contributed by atoms with Crippen molar-refractivity contribution in [2.24, 2.45) is 0 Å². The monoisotopic (exact) mass is 533 g/mol. The Labute approximate surface area is 235 Å². The lowest BCUT2D eigenvalue weighted by molar-refractivity contribution is -0.144. The van der Waals surface area contributed by atoms with E-state index >= 15 is 0 Å². The van der Waals surface area contributed by atoms with Crippen LogP contribution in [0, 0.1) is 0 Å². The number of esters is 1. The molecule has 1 N–H and O–H groups in total. The summed E-state index contributed by atoms with van der Waals surface area (Å²) in [4.78, 5) is 27.5. The van der Waals surface area contributed by atoms with Crippen molar-refractivity contribution in [1.29, 1.82) is 0 Å². The maximum Gasteiger partial charge on any atom is 0.337 e. The third-order valence-electron chi connectivity index (χ3n) is 8.36. The zero-order chi connectivity index (χ0) is 27.5. The number of dihydropyridines is 1. The van der Waals surface area contributed by atoms with Gasteiger partial charge in [0.25, 0.3) is 0 Å². The van der Waals surface area contributed by atoms with Crippen molar-refractivity contribution >= 4 is 11.8 Å². The molecule has 0 aromatic heterocycles. The number of nitrogens with one attached hydrogen (secondary N) is 1. The van der Waals surface area contributed by atoms with Crippen LogP contribution in [0.2, 0.25) is 0 Å². The Balaban J connectivity index is 1.32. The van der Waals surface area contributed by atoms with Crippen molar-refractivity contribution < 1.29 is 19.1 Å². The Bertz CT molecular complexity index is 1430. The highest BCUT2D eigenvalue weighted by Gasteiger charge is 2.42. The first-order chi connectivity index (χ1) is 19.6. The Morgan fingerprint density at radius 3 is 2.23 bits per heavy atom. The molecule has 0 radical (unpaired) electrons. The van der Waals surface area contributed by atoms with Crippen LogP contribution >= 0.6 is 0 Å². The summed E-state index contributed by atoms with van der Waals surface area (Å²) in [6, 6.07) is 28.1. The van der Waals surface area contributed by atoms with E-state index < -0.39 is 5.92 Å². The van der Waals surface area contributed by atoms with Crippen molar-refractivity contribution in [2.45, 2.75) is 70.0 Å². The SMILES string of the molecule is CC1=C(C(=O)OC2CCCC2)C(c2ccc(OCc3ccccc3)cc2)C2=C(CC(c3ccccc3)CC2=O)N1. The number of rotatable bonds is 7. The van der Waals surface area contributed by atoms with Crippen LogP contribution in [0.25, 0.3) is 0 Å². The van der Waals surface area contributed by atoms with Crippen molar-refractivity contribution in [3.63, 3.8) is 0 Å². The Morgan fingerprint density at radius 1 is 0.850 bits per heavy atom. The van der Waals surface area contributed by atoms with Gasteiger partial charge in [0.1, 0.15) is 18.5 Å². The number of hydrogen-bond acceptors (Lipinski definition) is 5.